The summed E-state index contributed by atoms with van der Waals surface area (Å²) >= 11 is -2.36. The molecule has 0 amide bonds. The summed E-state index contributed by atoms with van der Waals surface area (Å²) in [4.78, 5) is 4.80. The van der Waals surface area contributed by atoms with Crippen molar-refractivity contribution in [2.24, 2.45) is 0 Å². The summed E-state index contributed by atoms with van der Waals surface area (Å²) in [6, 6.07) is 30.1. The molecule has 2 heteroatoms. The molecule has 1 heterocycles. The van der Waals surface area contributed by atoms with Crippen LogP contribution in [0.5, 0.6) is 0 Å². The predicted octanol–water partition coefficient (Wildman–Crippen LogP) is 6.55. The van der Waals surface area contributed by atoms with Crippen molar-refractivity contribution in [3.05, 3.63) is 108 Å². The summed E-state index contributed by atoms with van der Waals surface area (Å²) in [5, 5.41) is 0. The minimum atomic E-state index is -2.36. The van der Waals surface area contributed by atoms with E-state index in [2.05, 4.69) is 47.6 Å². The quantitative estimate of drug-likeness (QED) is 0.321. The van der Waals surface area contributed by atoms with E-state index in [1.165, 1.54) is 0 Å². The van der Waals surface area contributed by atoms with Crippen LogP contribution in [-0.4, -0.2) is 18.3 Å². The molecule has 144 valence electrons. The first kappa shape index (κ1) is 17.2. The molecule has 1 aromatic heterocycles. The number of hydrogen-bond donors (Lipinski definition) is 0. The Morgan fingerprint density at radius 2 is 1.34 bits per heavy atom. The molecule has 0 atom stereocenters. The van der Waals surface area contributed by atoms with Gasteiger partial charge in [-0.3, -0.25) is 0 Å². The molecule has 0 unspecified atom stereocenters. The fourth-order valence-corrected chi connectivity index (χ4v) is 6.41. The number of aromatic nitrogens is 1. The molecule has 0 saturated heterocycles. The number of pyridine rings is 1. The van der Waals surface area contributed by atoms with E-state index in [1.807, 2.05) is 66.9 Å². The van der Waals surface area contributed by atoms with E-state index >= 15 is 0 Å². The molecule has 4 rings (SSSR count). The van der Waals surface area contributed by atoms with Crippen molar-refractivity contribution in [1.29, 1.82) is 0 Å². The Morgan fingerprint density at radius 1 is 0.724 bits per heavy atom. The van der Waals surface area contributed by atoms with Gasteiger partial charge in [-0.2, -0.15) is 0 Å². The molecule has 3 aromatic carbocycles. The van der Waals surface area contributed by atoms with E-state index in [0.29, 0.717) is 5.56 Å². The zero-order chi connectivity index (χ0) is 22.1. The fourth-order valence-electron chi connectivity index (χ4n) is 3.48. The molecular weight excluding hydrogens is 411 g/mol. The van der Waals surface area contributed by atoms with Gasteiger partial charge in [0.05, 0.1) is 0 Å². The van der Waals surface area contributed by atoms with Crippen molar-refractivity contribution in [3.8, 4) is 22.4 Å². The summed E-state index contributed by atoms with van der Waals surface area (Å²) in [5.74, 6) is 6.87. The second-order valence-corrected chi connectivity index (χ2v) is 18.9. The summed E-state index contributed by atoms with van der Waals surface area (Å²) in [7, 11) is 0. The van der Waals surface area contributed by atoms with Crippen molar-refractivity contribution < 1.29 is 2.74 Å². The predicted molar refractivity (Wildman–Crippen MR) is 127 cm³/mol. The van der Waals surface area contributed by atoms with Gasteiger partial charge in [0, 0.05) is 0 Å². The van der Waals surface area contributed by atoms with E-state index in [1.54, 1.807) is 0 Å². The van der Waals surface area contributed by atoms with Gasteiger partial charge in [0.1, 0.15) is 0 Å². The first-order valence-electron chi connectivity index (χ1n) is 11.0. The number of hydrogen-bond acceptors (Lipinski definition) is 1. The van der Waals surface area contributed by atoms with Crippen LogP contribution in [0.25, 0.3) is 22.4 Å². The molecule has 0 aliphatic heterocycles. The van der Waals surface area contributed by atoms with E-state index in [4.69, 9.17) is 7.73 Å². The van der Waals surface area contributed by atoms with E-state index in [9.17, 15) is 0 Å². The third kappa shape index (κ3) is 4.68. The molecule has 4 aromatic rings. The van der Waals surface area contributed by atoms with Gasteiger partial charge in [-0.05, 0) is 0 Å². The third-order valence-corrected chi connectivity index (χ3v) is 9.26. The van der Waals surface area contributed by atoms with Crippen molar-refractivity contribution >= 4 is 17.7 Å². The number of nitrogens with zero attached hydrogens (tertiary/aromatic N) is 1. The van der Waals surface area contributed by atoms with Gasteiger partial charge in [0.15, 0.2) is 0 Å². The maximum atomic E-state index is 9.03. The number of benzene rings is 3. The van der Waals surface area contributed by atoms with Crippen LogP contribution in [0.2, 0.25) is 17.3 Å². The first-order chi connectivity index (χ1) is 14.8. The molecule has 0 aliphatic carbocycles. The van der Waals surface area contributed by atoms with Gasteiger partial charge in [-0.15, -0.1) is 0 Å². The Morgan fingerprint density at radius 3 is 2.03 bits per heavy atom. The second kappa shape index (κ2) is 8.38. The van der Waals surface area contributed by atoms with Gasteiger partial charge in [0.25, 0.3) is 0 Å². The zero-order valence-corrected chi connectivity index (χ0v) is 19.3. The normalized spacial score (nSPS) is 12.9. The molecular formula is C27H27GeN. The van der Waals surface area contributed by atoms with E-state index < -0.39 is 19.6 Å². The van der Waals surface area contributed by atoms with Gasteiger partial charge >= 0.3 is 180 Å². The van der Waals surface area contributed by atoms with Crippen LogP contribution < -0.4 is 4.40 Å². The SMILES string of the molecule is [2H]C([2H])(c1ccccc1)c1cc(-c2cccc(-c3ccccc3)c2)nc[c]1[Ge]([CH3])([CH3])[CH3]. The van der Waals surface area contributed by atoms with Crippen LogP contribution in [0.3, 0.4) is 0 Å². The second-order valence-electron chi connectivity index (χ2n) is 8.30. The maximum absolute atomic E-state index is 9.03. The first-order valence-corrected chi connectivity index (χ1v) is 17.3. The van der Waals surface area contributed by atoms with Gasteiger partial charge in [-0.1, -0.05) is 0 Å². The van der Waals surface area contributed by atoms with Crippen molar-refractivity contribution in [2.75, 3.05) is 0 Å². The molecule has 29 heavy (non-hydrogen) atoms. The zero-order valence-electron chi connectivity index (χ0n) is 19.2. The van der Waals surface area contributed by atoms with Crippen LogP contribution in [0, 0.1) is 0 Å². The summed E-state index contributed by atoms with van der Waals surface area (Å²) in [5.41, 5.74) is 5.53. The summed E-state index contributed by atoms with van der Waals surface area (Å²) < 4.78 is 19.2. The topological polar surface area (TPSA) is 12.9 Å². The van der Waals surface area contributed by atoms with Crippen LogP contribution in [-0.2, 0) is 6.37 Å². The Bertz CT molecular complexity index is 1180. The molecule has 1 nitrogen and oxygen atoms in total. The minimum absolute atomic E-state index is 0.679. The summed E-state index contributed by atoms with van der Waals surface area (Å²) in [6.07, 6.45) is 0.352. The average Bonchev–Trinajstić information content (AvgIpc) is 2.79. The molecule has 0 radical (unpaired) electrons. The fraction of sp³-hybridized carbons (Fsp3) is 0.148. The standard InChI is InChI=1S/C27H27GeN/c1-28(2,3)26-20-29-27(19-25(26)17-21-11-6-4-7-12-21)24-16-10-15-23(18-24)22-13-8-5-9-14-22/h4-16,18-20H,17H2,1-3H3/i17D2. The van der Waals surface area contributed by atoms with Crippen LogP contribution in [0.4, 0.5) is 0 Å². The van der Waals surface area contributed by atoms with Crippen molar-refractivity contribution in [1.82, 2.24) is 4.98 Å². The summed E-state index contributed by atoms with van der Waals surface area (Å²) in [6.45, 7) is 0. The van der Waals surface area contributed by atoms with Gasteiger partial charge in [-0.25, -0.2) is 0 Å². The van der Waals surface area contributed by atoms with Crippen LogP contribution >= 0.6 is 0 Å². The van der Waals surface area contributed by atoms with E-state index in [-0.39, 0.29) is 0 Å². The number of rotatable bonds is 5. The van der Waals surface area contributed by atoms with Crippen LogP contribution in [0.1, 0.15) is 13.9 Å². The Hall–Kier alpha value is -2.65. The molecule has 0 saturated carbocycles. The molecule has 0 bridgehead atoms. The van der Waals surface area contributed by atoms with Crippen LogP contribution in [0.15, 0.2) is 97.2 Å². The van der Waals surface area contributed by atoms with Crippen molar-refractivity contribution in [2.45, 2.75) is 23.6 Å². The van der Waals surface area contributed by atoms with Gasteiger partial charge in [0.2, 0.25) is 0 Å². The Kier molecular flexibility index (Phi) is 4.98. The molecule has 0 spiro atoms. The Balaban J connectivity index is 1.86. The third-order valence-electron chi connectivity index (χ3n) is 5.03. The van der Waals surface area contributed by atoms with Crippen molar-refractivity contribution in [3.63, 3.8) is 0 Å². The van der Waals surface area contributed by atoms with E-state index in [0.717, 1.165) is 32.3 Å². The molecule has 0 aliphatic rings. The van der Waals surface area contributed by atoms with Gasteiger partial charge < -0.3 is 0 Å². The molecule has 0 fully saturated rings. The average molecular weight is 440 g/mol. The Labute approximate surface area is 179 Å². The monoisotopic (exact) mass is 441 g/mol. The molecule has 0 N–H and O–H groups in total.